The van der Waals surface area contributed by atoms with E-state index in [9.17, 15) is 13.2 Å². The Morgan fingerprint density at radius 3 is 2.29 bits per heavy atom. The van der Waals surface area contributed by atoms with Crippen LogP contribution in [0.15, 0.2) is 65.6 Å². The molecule has 0 unspecified atom stereocenters. The van der Waals surface area contributed by atoms with Crippen molar-refractivity contribution in [2.75, 3.05) is 25.1 Å². The van der Waals surface area contributed by atoms with Gasteiger partial charge < -0.3 is 14.8 Å². The Kier molecular flexibility index (Phi) is 8.30. The minimum Gasteiger partial charge on any atom is -0.497 e. The molecule has 0 aliphatic heterocycles. The minimum atomic E-state index is -4.17. The third kappa shape index (κ3) is 5.94. The van der Waals surface area contributed by atoms with E-state index in [1.807, 2.05) is 0 Å². The summed E-state index contributed by atoms with van der Waals surface area (Å²) in [7, 11) is -1.26. The molecule has 1 N–H and O–H groups in total. The number of carbonyl (C=O) groups excluding carboxylic acids is 1. The molecule has 3 aromatic carbocycles. The van der Waals surface area contributed by atoms with Crippen molar-refractivity contribution >= 4 is 44.8 Å². The molecule has 0 aliphatic carbocycles. The zero-order valence-electron chi connectivity index (χ0n) is 18.8. The van der Waals surface area contributed by atoms with E-state index in [1.54, 1.807) is 61.5 Å². The Bertz CT molecular complexity index is 1280. The quantitative estimate of drug-likeness (QED) is 0.434. The van der Waals surface area contributed by atoms with E-state index in [2.05, 4.69) is 5.32 Å². The molecule has 0 fully saturated rings. The molecule has 0 saturated heterocycles. The van der Waals surface area contributed by atoms with E-state index in [1.165, 1.54) is 20.3 Å². The number of carbonyl (C=O) groups is 1. The molecule has 3 aromatic rings. The number of nitrogens with zero attached hydrogens (tertiary/aromatic N) is 1. The van der Waals surface area contributed by atoms with Crippen molar-refractivity contribution in [1.82, 2.24) is 5.32 Å². The Morgan fingerprint density at radius 1 is 0.971 bits per heavy atom. The van der Waals surface area contributed by atoms with E-state index in [0.717, 1.165) is 9.87 Å². The number of methoxy groups -OCH3 is 2. The van der Waals surface area contributed by atoms with Gasteiger partial charge in [0.2, 0.25) is 5.91 Å². The summed E-state index contributed by atoms with van der Waals surface area (Å²) in [6, 6.07) is 16.2. The maximum absolute atomic E-state index is 13.7. The number of rotatable bonds is 9. The second-order valence-corrected chi connectivity index (χ2v) is 10.1. The van der Waals surface area contributed by atoms with Gasteiger partial charge in [-0.1, -0.05) is 35.3 Å². The standard InChI is InChI=1S/C24H24Cl2N2O5S/c1-16-4-11-22(33-3)23(12-16)34(30,31)28(19-7-9-20(32-2)10-8-19)15-24(29)27-14-17-5-6-18(25)13-21(17)26/h4-13H,14-15H2,1-3H3,(H,27,29). The molecule has 3 rings (SSSR count). The number of anilines is 1. The summed E-state index contributed by atoms with van der Waals surface area (Å²) in [5, 5.41) is 3.59. The van der Waals surface area contributed by atoms with Crippen LogP contribution in [0.25, 0.3) is 0 Å². The number of halogens is 2. The Balaban J connectivity index is 1.93. The van der Waals surface area contributed by atoms with Crippen molar-refractivity contribution in [2.45, 2.75) is 18.4 Å². The van der Waals surface area contributed by atoms with Crippen LogP contribution in [0.5, 0.6) is 11.5 Å². The summed E-state index contributed by atoms with van der Waals surface area (Å²) >= 11 is 12.1. The normalized spacial score (nSPS) is 11.1. The van der Waals surface area contributed by atoms with Crippen molar-refractivity contribution in [3.8, 4) is 11.5 Å². The van der Waals surface area contributed by atoms with Crippen LogP contribution in [0.1, 0.15) is 11.1 Å². The van der Waals surface area contributed by atoms with E-state index >= 15 is 0 Å². The fraction of sp³-hybridized carbons (Fsp3) is 0.208. The van der Waals surface area contributed by atoms with Crippen LogP contribution in [-0.4, -0.2) is 35.1 Å². The maximum atomic E-state index is 13.7. The highest BCUT2D eigenvalue weighted by molar-refractivity contribution is 7.93. The molecule has 0 spiro atoms. The van der Waals surface area contributed by atoms with Gasteiger partial charge in [-0.15, -0.1) is 0 Å². The van der Waals surface area contributed by atoms with Crippen LogP contribution in [0, 0.1) is 6.92 Å². The molecule has 0 bridgehead atoms. The topological polar surface area (TPSA) is 84.9 Å². The number of sulfonamides is 1. The highest BCUT2D eigenvalue weighted by Crippen LogP contribution is 2.31. The predicted octanol–water partition coefficient (Wildman–Crippen LogP) is 4.83. The number of aryl methyl sites for hydroxylation is 1. The molecule has 10 heteroatoms. The first-order valence-electron chi connectivity index (χ1n) is 10.2. The highest BCUT2D eigenvalue weighted by Gasteiger charge is 2.30. The molecule has 0 heterocycles. The van der Waals surface area contributed by atoms with Crippen molar-refractivity contribution in [1.29, 1.82) is 0 Å². The lowest BCUT2D eigenvalue weighted by Crippen LogP contribution is -2.40. The molecule has 0 aromatic heterocycles. The lowest BCUT2D eigenvalue weighted by Gasteiger charge is -2.25. The fourth-order valence-corrected chi connectivity index (χ4v) is 5.35. The number of ether oxygens (including phenoxy) is 2. The van der Waals surface area contributed by atoms with Crippen LogP contribution in [0.2, 0.25) is 10.0 Å². The summed E-state index contributed by atoms with van der Waals surface area (Å²) in [5.74, 6) is 0.213. The lowest BCUT2D eigenvalue weighted by molar-refractivity contribution is -0.119. The van der Waals surface area contributed by atoms with Gasteiger partial charge in [-0.05, 0) is 66.6 Å². The maximum Gasteiger partial charge on any atom is 0.268 e. The van der Waals surface area contributed by atoms with Crippen molar-refractivity contribution < 1.29 is 22.7 Å². The van der Waals surface area contributed by atoms with E-state index in [-0.39, 0.29) is 17.2 Å². The van der Waals surface area contributed by atoms with Gasteiger partial charge in [-0.3, -0.25) is 9.10 Å². The lowest BCUT2D eigenvalue weighted by atomic mass is 10.2. The van der Waals surface area contributed by atoms with Gasteiger partial charge in [0.05, 0.1) is 19.9 Å². The summed E-state index contributed by atoms with van der Waals surface area (Å²) in [5.41, 5.74) is 1.68. The summed E-state index contributed by atoms with van der Waals surface area (Å²) in [6.07, 6.45) is 0. The SMILES string of the molecule is COc1ccc(N(CC(=O)NCc2ccc(Cl)cc2Cl)S(=O)(=O)c2cc(C)ccc2OC)cc1. The largest absolute Gasteiger partial charge is 0.497 e. The Hall–Kier alpha value is -2.94. The summed E-state index contributed by atoms with van der Waals surface area (Å²) in [4.78, 5) is 12.8. The summed E-state index contributed by atoms with van der Waals surface area (Å²) < 4.78 is 38.9. The Morgan fingerprint density at radius 2 is 1.68 bits per heavy atom. The first kappa shape index (κ1) is 25.7. The molecule has 0 atom stereocenters. The van der Waals surface area contributed by atoms with Crippen LogP contribution < -0.4 is 19.1 Å². The average molecular weight is 523 g/mol. The molecule has 34 heavy (non-hydrogen) atoms. The monoisotopic (exact) mass is 522 g/mol. The minimum absolute atomic E-state index is 0.0423. The number of hydrogen-bond acceptors (Lipinski definition) is 5. The molecule has 0 aliphatic rings. The Labute approximate surface area is 209 Å². The van der Waals surface area contributed by atoms with Gasteiger partial charge in [-0.2, -0.15) is 0 Å². The van der Waals surface area contributed by atoms with Gasteiger partial charge in [0, 0.05) is 16.6 Å². The first-order chi connectivity index (χ1) is 16.1. The van der Waals surface area contributed by atoms with Crippen LogP contribution in [0.4, 0.5) is 5.69 Å². The second-order valence-electron chi connectivity index (χ2n) is 7.38. The number of amides is 1. The van der Waals surface area contributed by atoms with E-state index < -0.39 is 22.5 Å². The second kappa shape index (κ2) is 11.0. The van der Waals surface area contributed by atoms with Gasteiger partial charge in [0.1, 0.15) is 22.9 Å². The molecule has 0 radical (unpaired) electrons. The zero-order chi connectivity index (χ0) is 24.9. The zero-order valence-corrected chi connectivity index (χ0v) is 21.2. The number of nitrogens with one attached hydrogen (secondary N) is 1. The van der Waals surface area contributed by atoms with Crippen LogP contribution >= 0.6 is 23.2 Å². The third-order valence-electron chi connectivity index (χ3n) is 5.03. The van der Waals surface area contributed by atoms with Crippen molar-refractivity contribution in [3.63, 3.8) is 0 Å². The predicted molar refractivity (Wildman–Crippen MR) is 134 cm³/mol. The van der Waals surface area contributed by atoms with Crippen molar-refractivity contribution in [3.05, 3.63) is 81.8 Å². The number of hydrogen-bond donors (Lipinski definition) is 1. The highest BCUT2D eigenvalue weighted by atomic mass is 35.5. The molecule has 1 amide bonds. The van der Waals surface area contributed by atoms with E-state index in [4.69, 9.17) is 32.7 Å². The molecular weight excluding hydrogens is 499 g/mol. The molecule has 0 saturated carbocycles. The first-order valence-corrected chi connectivity index (χ1v) is 12.4. The smallest absolute Gasteiger partial charge is 0.268 e. The van der Waals surface area contributed by atoms with Crippen LogP contribution in [0.3, 0.4) is 0 Å². The van der Waals surface area contributed by atoms with Crippen molar-refractivity contribution in [2.24, 2.45) is 0 Å². The fourth-order valence-electron chi connectivity index (χ4n) is 3.21. The van der Waals surface area contributed by atoms with E-state index in [0.29, 0.717) is 27.0 Å². The van der Waals surface area contributed by atoms with Gasteiger partial charge in [0.15, 0.2) is 0 Å². The summed E-state index contributed by atoms with van der Waals surface area (Å²) in [6.45, 7) is 1.43. The number of benzene rings is 3. The molecule has 7 nitrogen and oxygen atoms in total. The van der Waals surface area contributed by atoms with Gasteiger partial charge in [0.25, 0.3) is 10.0 Å². The van der Waals surface area contributed by atoms with Gasteiger partial charge >= 0.3 is 0 Å². The average Bonchev–Trinajstić information content (AvgIpc) is 2.82. The third-order valence-corrected chi connectivity index (χ3v) is 7.41. The van der Waals surface area contributed by atoms with Gasteiger partial charge in [-0.25, -0.2) is 8.42 Å². The molecule has 180 valence electrons. The van der Waals surface area contributed by atoms with Crippen LogP contribution in [-0.2, 0) is 21.4 Å². The molecular formula is C24H24Cl2N2O5S.